The third-order valence-electron chi connectivity index (χ3n) is 6.26. The summed E-state index contributed by atoms with van der Waals surface area (Å²) in [6, 6.07) is 0. The third-order valence-corrected chi connectivity index (χ3v) is 6.26. The molecule has 5 aliphatic rings. The summed E-state index contributed by atoms with van der Waals surface area (Å²) in [7, 11) is 0. The van der Waals surface area contributed by atoms with E-state index < -0.39 is 0 Å². The van der Waals surface area contributed by atoms with Gasteiger partial charge in [-0.1, -0.05) is 0 Å². The Bertz CT molecular complexity index is 540. The molecule has 4 saturated carbocycles. The SMILES string of the molecule is Nc1nc(C2C3CC4CC(C3)CC2C4)nc2c1CNC2. The van der Waals surface area contributed by atoms with E-state index in [4.69, 9.17) is 15.7 Å². The van der Waals surface area contributed by atoms with Crippen LogP contribution in [0.3, 0.4) is 0 Å². The molecule has 0 spiro atoms. The second-order valence-corrected chi connectivity index (χ2v) is 7.45. The average Bonchev–Trinajstić information content (AvgIpc) is 2.86. The van der Waals surface area contributed by atoms with Crippen molar-refractivity contribution in [1.29, 1.82) is 0 Å². The fourth-order valence-corrected chi connectivity index (χ4v) is 5.71. The van der Waals surface area contributed by atoms with Gasteiger partial charge in [0.2, 0.25) is 0 Å². The Balaban J connectivity index is 1.55. The maximum Gasteiger partial charge on any atom is 0.134 e. The van der Waals surface area contributed by atoms with Gasteiger partial charge in [0.1, 0.15) is 11.6 Å². The number of rotatable bonds is 1. The summed E-state index contributed by atoms with van der Waals surface area (Å²) in [5, 5.41) is 3.34. The Hall–Kier alpha value is -1.16. The van der Waals surface area contributed by atoms with E-state index in [2.05, 4.69) is 5.32 Å². The van der Waals surface area contributed by atoms with Gasteiger partial charge in [0.05, 0.1) is 5.69 Å². The molecule has 4 nitrogen and oxygen atoms in total. The maximum atomic E-state index is 6.17. The highest BCUT2D eigenvalue weighted by Crippen LogP contribution is 2.59. The van der Waals surface area contributed by atoms with Gasteiger partial charge in [-0.3, -0.25) is 0 Å². The van der Waals surface area contributed by atoms with Crippen molar-refractivity contribution in [3.05, 3.63) is 17.1 Å². The number of aromatic nitrogens is 2. The molecule has 0 amide bonds. The molecule has 0 saturated heterocycles. The molecule has 4 aliphatic carbocycles. The van der Waals surface area contributed by atoms with Crippen LogP contribution in [-0.2, 0) is 13.1 Å². The molecule has 4 heteroatoms. The van der Waals surface area contributed by atoms with E-state index in [1.165, 1.54) is 32.1 Å². The minimum Gasteiger partial charge on any atom is -0.383 e. The van der Waals surface area contributed by atoms with Gasteiger partial charge in [-0.2, -0.15) is 0 Å². The highest BCUT2D eigenvalue weighted by atomic mass is 15.0. The Morgan fingerprint density at radius 2 is 1.60 bits per heavy atom. The third kappa shape index (κ3) is 1.51. The van der Waals surface area contributed by atoms with E-state index in [-0.39, 0.29) is 0 Å². The molecule has 1 aromatic heterocycles. The zero-order chi connectivity index (χ0) is 13.3. The number of nitrogen functional groups attached to an aromatic ring is 1. The van der Waals surface area contributed by atoms with Crippen LogP contribution in [-0.4, -0.2) is 9.97 Å². The molecule has 1 aliphatic heterocycles. The molecule has 1 aromatic rings. The zero-order valence-electron chi connectivity index (χ0n) is 11.8. The molecule has 0 unspecified atom stereocenters. The molecule has 2 heterocycles. The number of nitrogens with zero attached hydrogens (tertiary/aromatic N) is 2. The first kappa shape index (κ1) is 11.5. The van der Waals surface area contributed by atoms with Gasteiger partial charge in [-0.15, -0.1) is 0 Å². The normalized spacial score (nSPS) is 41.1. The smallest absolute Gasteiger partial charge is 0.134 e. The first-order valence-corrected chi connectivity index (χ1v) is 8.14. The summed E-state index contributed by atoms with van der Waals surface area (Å²) < 4.78 is 0. The largest absolute Gasteiger partial charge is 0.383 e. The number of hydrogen-bond acceptors (Lipinski definition) is 4. The lowest BCUT2D eigenvalue weighted by molar-refractivity contribution is -0.00566. The summed E-state index contributed by atoms with van der Waals surface area (Å²) >= 11 is 0. The van der Waals surface area contributed by atoms with Crippen LogP contribution >= 0.6 is 0 Å². The van der Waals surface area contributed by atoms with Crippen molar-refractivity contribution in [2.45, 2.75) is 51.1 Å². The number of hydrogen-bond donors (Lipinski definition) is 2. The van der Waals surface area contributed by atoms with E-state index in [1.54, 1.807) is 0 Å². The first-order chi connectivity index (χ1) is 9.78. The predicted molar refractivity (Wildman–Crippen MR) is 76.8 cm³/mol. The molecule has 0 radical (unpaired) electrons. The molecule has 3 N–H and O–H groups in total. The van der Waals surface area contributed by atoms with E-state index in [1.807, 2.05) is 0 Å². The molecule has 0 aromatic carbocycles. The lowest BCUT2D eigenvalue weighted by Gasteiger charge is -2.53. The second-order valence-electron chi connectivity index (χ2n) is 7.45. The predicted octanol–water partition coefficient (Wildman–Crippen LogP) is 2.20. The number of nitrogens with one attached hydrogen (secondary N) is 1. The van der Waals surface area contributed by atoms with Crippen LogP contribution in [0.25, 0.3) is 0 Å². The van der Waals surface area contributed by atoms with Crippen LogP contribution in [0.1, 0.15) is 55.1 Å². The van der Waals surface area contributed by atoms with Crippen molar-refractivity contribution >= 4 is 5.82 Å². The number of anilines is 1. The maximum absolute atomic E-state index is 6.17. The van der Waals surface area contributed by atoms with Gasteiger partial charge in [0, 0.05) is 24.6 Å². The molecule has 4 fully saturated rings. The van der Waals surface area contributed by atoms with E-state index in [9.17, 15) is 0 Å². The highest BCUT2D eigenvalue weighted by Gasteiger charge is 2.49. The van der Waals surface area contributed by atoms with Crippen LogP contribution < -0.4 is 11.1 Å². The minimum atomic E-state index is 0.594. The van der Waals surface area contributed by atoms with Gasteiger partial charge in [0.25, 0.3) is 0 Å². The van der Waals surface area contributed by atoms with E-state index in [0.717, 1.165) is 59.7 Å². The molecule has 20 heavy (non-hydrogen) atoms. The standard InChI is InChI=1S/C16H22N4/c17-15-12-6-18-7-13(12)19-16(20-15)14-10-2-8-1-9(4-10)5-11(14)3-8/h8-11,14,18H,1-7H2,(H2,17,19,20). The van der Waals surface area contributed by atoms with Crippen molar-refractivity contribution in [1.82, 2.24) is 15.3 Å². The topological polar surface area (TPSA) is 63.8 Å². The van der Waals surface area contributed by atoms with Crippen molar-refractivity contribution in [3.8, 4) is 0 Å². The van der Waals surface area contributed by atoms with Gasteiger partial charge >= 0.3 is 0 Å². The Morgan fingerprint density at radius 3 is 2.30 bits per heavy atom. The van der Waals surface area contributed by atoms with Crippen LogP contribution in [0.4, 0.5) is 5.82 Å². The zero-order valence-corrected chi connectivity index (χ0v) is 11.8. The highest BCUT2D eigenvalue weighted by molar-refractivity contribution is 5.44. The van der Waals surface area contributed by atoms with Crippen molar-refractivity contribution < 1.29 is 0 Å². The molecule has 6 rings (SSSR count). The summed E-state index contributed by atoms with van der Waals surface area (Å²) in [5.74, 6) is 6.05. The monoisotopic (exact) mass is 270 g/mol. The molecule has 106 valence electrons. The number of nitrogens with two attached hydrogens (primary N) is 1. The van der Waals surface area contributed by atoms with Crippen molar-refractivity contribution in [2.24, 2.45) is 23.7 Å². The van der Waals surface area contributed by atoms with Crippen molar-refractivity contribution in [2.75, 3.05) is 5.73 Å². The fourth-order valence-electron chi connectivity index (χ4n) is 5.71. The molecule has 0 atom stereocenters. The van der Waals surface area contributed by atoms with E-state index in [0.29, 0.717) is 5.92 Å². The molecular weight excluding hydrogens is 248 g/mol. The van der Waals surface area contributed by atoms with Gasteiger partial charge in [0.15, 0.2) is 0 Å². The quantitative estimate of drug-likeness (QED) is 0.821. The second kappa shape index (κ2) is 3.94. The average molecular weight is 270 g/mol. The van der Waals surface area contributed by atoms with Crippen molar-refractivity contribution in [3.63, 3.8) is 0 Å². The summed E-state index contributed by atoms with van der Waals surface area (Å²) in [4.78, 5) is 9.62. The lowest BCUT2D eigenvalue weighted by atomic mass is 9.51. The van der Waals surface area contributed by atoms with Crippen LogP contribution in [0.5, 0.6) is 0 Å². The van der Waals surface area contributed by atoms with Crippen LogP contribution in [0.15, 0.2) is 0 Å². The van der Waals surface area contributed by atoms with Crippen LogP contribution in [0, 0.1) is 23.7 Å². The first-order valence-electron chi connectivity index (χ1n) is 8.14. The molecule has 4 bridgehead atoms. The lowest BCUT2D eigenvalue weighted by Crippen LogP contribution is -2.44. The van der Waals surface area contributed by atoms with Gasteiger partial charge in [-0.05, 0) is 55.8 Å². The summed E-state index contributed by atoms with van der Waals surface area (Å²) in [5.41, 5.74) is 8.47. The summed E-state index contributed by atoms with van der Waals surface area (Å²) in [6.45, 7) is 1.70. The van der Waals surface area contributed by atoms with Gasteiger partial charge in [-0.25, -0.2) is 9.97 Å². The summed E-state index contributed by atoms with van der Waals surface area (Å²) in [6.07, 6.45) is 7.15. The van der Waals surface area contributed by atoms with E-state index >= 15 is 0 Å². The van der Waals surface area contributed by atoms with Gasteiger partial charge < -0.3 is 11.1 Å². The minimum absolute atomic E-state index is 0.594. The Labute approximate surface area is 119 Å². The Kier molecular flexibility index (Phi) is 2.26. The Morgan fingerprint density at radius 1 is 0.900 bits per heavy atom. The number of fused-ring (bicyclic) bond motifs is 1. The molecular formula is C16H22N4. The fraction of sp³-hybridized carbons (Fsp3) is 0.750. The van der Waals surface area contributed by atoms with Crippen LogP contribution in [0.2, 0.25) is 0 Å².